The highest BCUT2D eigenvalue weighted by Crippen LogP contribution is 2.20. The molecule has 26 heavy (non-hydrogen) atoms. The van der Waals surface area contributed by atoms with Crippen LogP contribution >= 0.6 is 0 Å². The second-order valence-corrected chi connectivity index (χ2v) is 9.18. The van der Waals surface area contributed by atoms with Crippen LogP contribution in [0.15, 0.2) is 24.3 Å². The van der Waals surface area contributed by atoms with Crippen LogP contribution in [0.5, 0.6) is 5.75 Å². The van der Waals surface area contributed by atoms with Crippen molar-refractivity contribution in [3.63, 3.8) is 0 Å². The molecule has 1 aromatic carbocycles. The summed E-state index contributed by atoms with van der Waals surface area (Å²) < 4.78 is 28.1. The van der Waals surface area contributed by atoms with Gasteiger partial charge in [-0.1, -0.05) is 12.1 Å². The molecule has 0 spiro atoms. The smallest absolute Gasteiger partial charge is 0.225 e. The summed E-state index contributed by atoms with van der Waals surface area (Å²) in [5, 5.41) is 2.79. The van der Waals surface area contributed by atoms with Crippen molar-refractivity contribution in [3.8, 4) is 5.75 Å². The summed E-state index contributed by atoms with van der Waals surface area (Å²) >= 11 is 0. The molecule has 2 atom stereocenters. The standard InChI is InChI=1S/C18H24N2O5S/c1-25-16-4-2-13(3-5-16)6-8-20-11-14(10-17(20)21)18(22)19-15-7-9-26(23,24)12-15/h2-5,14-15H,6-12H2,1H3,(H,19,22). The molecular weight excluding hydrogens is 356 g/mol. The van der Waals surface area contributed by atoms with Crippen LogP contribution in [0.2, 0.25) is 0 Å². The summed E-state index contributed by atoms with van der Waals surface area (Å²) in [5.74, 6) is 0.263. The van der Waals surface area contributed by atoms with Crippen molar-refractivity contribution in [2.24, 2.45) is 5.92 Å². The monoisotopic (exact) mass is 380 g/mol. The van der Waals surface area contributed by atoms with E-state index in [2.05, 4.69) is 5.32 Å². The van der Waals surface area contributed by atoms with Crippen LogP contribution in [-0.2, 0) is 25.8 Å². The van der Waals surface area contributed by atoms with Crippen LogP contribution in [0.25, 0.3) is 0 Å². The average Bonchev–Trinajstić information content (AvgIpc) is 3.15. The van der Waals surface area contributed by atoms with Crippen LogP contribution in [0, 0.1) is 5.92 Å². The zero-order valence-corrected chi connectivity index (χ0v) is 15.6. The van der Waals surface area contributed by atoms with Gasteiger partial charge in [-0.25, -0.2) is 8.42 Å². The van der Waals surface area contributed by atoms with Crippen LogP contribution in [-0.4, -0.2) is 62.9 Å². The Morgan fingerprint density at radius 2 is 2.04 bits per heavy atom. The van der Waals surface area contributed by atoms with Gasteiger partial charge in [0.2, 0.25) is 11.8 Å². The van der Waals surface area contributed by atoms with Gasteiger partial charge in [0.25, 0.3) is 0 Å². The van der Waals surface area contributed by atoms with Crippen molar-refractivity contribution in [1.29, 1.82) is 0 Å². The number of benzene rings is 1. The zero-order chi connectivity index (χ0) is 18.7. The lowest BCUT2D eigenvalue weighted by Gasteiger charge is -2.18. The van der Waals surface area contributed by atoms with E-state index in [-0.39, 0.29) is 35.8 Å². The Morgan fingerprint density at radius 3 is 2.65 bits per heavy atom. The van der Waals surface area contributed by atoms with Crippen LogP contribution < -0.4 is 10.1 Å². The number of amides is 2. The summed E-state index contributed by atoms with van der Waals surface area (Å²) in [6.07, 6.45) is 1.36. The molecule has 0 radical (unpaired) electrons. The van der Waals surface area contributed by atoms with E-state index in [0.29, 0.717) is 25.9 Å². The minimum Gasteiger partial charge on any atom is -0.497 e. The Morgan fingerprint density at radius 1 is 1.31 bits per heavy atom. The van der Waals surface area contributed by atoms with Crippen LogP contribution in [0.1, 0.15) is 18.4 Å². The Hall–Kier alpha value is -2.09. The third-order valence-electron chi connectivity index (χ3n) is 4.99. The van der Waals surface area contributed by atoms with Gasteiger partial charge in [0.1, 0.15) is 5.75 Å². The Kier molecular flexibility index (Phi) is 5.50. The number of nitrogens with one attached hydrogen (secondary N) is 1. The number of hydrogen-bond donors (Lipinski definition) is 1. The Labute approximate surface area is 153 Å². The highest BCUT2D eigenvalue weighted by atomic mass is 32.2. The van der Waals surface area contributed by atoms with E-state index in [9.17, 15) is 18.0 Å². The number of ether oxygens (including phenoxy) is 1. The van der Waals surface area contributed by atoms with E-state index in [1.54, 1.807) is 12.0 Å². The average molecular weight is 380 g/mol. The molecule has 2 heterocycles. The van der Waals surface area contributed by atoms with Gasteiger partial charge in [-0.3, -0.25) is 9.59 Å². The van der Waals surface area contributed by atoms with Crippen molar-refractivity contribution in [2.75, 3.05) is 31.7 Å². The Bertz CT molecular complexity index is 775. The summed E-state index contributed by atoms with van der Waals surface area (Å²) in [6.45, 7) is 0.951. The molecule has 142 valence electrons. The van der Waals surface area contributed by atoms with Crippen molar-refractivity contribution >= 4 is 21.7 Å². The topological polar surface area (TPSA) is 92.8 Å². The van der Waals surface area contributed by atoms with Crippen molar-refractivity contribution in [3.05, 3.63) is 29.8 Å². The third kappa shape index (κ3) is 4.55. The van der Waals surface area contributed by atoms with Crippen LogP contribution in [0.4, 0.5) is 0 Å². The van der Waals surface area contributed by atoms with Gasteiger partial charge in [0.05, 0.1) is 24.5 Å². The SMILES string of the molecule is COc1ccc(CCN2CC(C(=O)NC3CCS(=O)(=O)C3)CC2=O)cc1. The lowest BCUT2D eigenvalue weighted by Crippen LogP contribution is -2.40. The molecule has 2 saturated heterocycles. The molecule has 1 N–H and O–H groups in total. The number of likely N-dealkylation sites (tertiary alicyclic amines) is 1. The minimum atomic E-state index is -3.03. The Balaban J connectivity index is 1.49. The number of carbonyl (C=O) groups is 2. The normalized spacial score (nSPS) is 24.7. The van der Waals surface area contributed by atoms with Gasteiger partial charge in [-0.15, -0.1) is 0 Å². The summed E-state index contributed by atoms with van der Waals surface area (Å²) in [4.78, 5) is 26.2. The number of sulfone groups is 1. The predicted molar refractivity (Wildman–Crippen MR) is 96.6 cm³/mol. The van der Waals surface area contributed by atoms with Gasteiger partial charge in [0.15, 0.2) is 9.84 Å². The maximum Gasteiger partial charge on any atom is 0.225 e. The summed E-state index contributed by atoms with van der Waals surface area (Å²) in [5.41, 5.74) is 1.10. The molecule has 1 aromatic rings. The first-order chi connectivity index (χ1) is 12.4. The molecule has 0 aliphatic carbocycles. The molecule has 2 fully saturated rings. The number of methoxy groups -OCH3 is 1. The lowest BCUT2D eigenvalue weighted by atomic mass is 10.1. The lowest BCUT2D eigenvalue weighted by molar-refractivity contribution is -0.129. The zero-order valence-electron chi connectivity index (χ0n) is 14.8. The predicted octanol–water partition coefficient (Wildman–Crippen LogP) is 0.390. The van der Waals surface area contributed by atoms with Crippen molar-refractivity contribution < 1.29 is 22.7 Å². The molecule has 3 rings (SSSR count). The van der Waals surface area contributed by atoms with E-state index in [0.717, 1.165) is 11.3 Å². The fraction of sp³-hybridized carbons (Fsp3) is 0.556. The third-order valence-corrected chi connectivity index (χ3v) is 6.76. The first kappa shape index (κ1) is 18.7. The fourth-order valence-corrected chi connectivity index (χ4v) is 5.12. The van der Waals surface area contributed by atoms with Crippen molar-refractivity contribution in [1.82, 2.24) is 10.2 Å². The highest BCUT2D eigenvalue weighted by molar-refractivity contribution is 7.91. The van der Waals surface area contributed by atoms with Crippen LogP contribution in [0.3, 0.4) is 0 Å². The van der Waals surface area contributed by atoms with Gasteiger partial charge < -0.3 is 15.0 Å². The van der Waals surface area contributed by atoms with Gasteiger partial charge in [0, 0.05) is 25.6 Å². The maximum atomic E-state index is 12.3. The highest BCUT2D eigenvalue weighted by Gasteiger charge is 2.36. The molecule has 0 aromatic heterocycles. The summed E-state index contributed by atoms with van der Waals surface area (Å²) in [7, 11) is -1.42. The molecule has 2 amide bonds. The van der Waals surface area contributed by atoms with Gasteiger partial charge in [-0.05, 0) is 30.5 Å². The molecule has 2 aliphatic heterocycles. The van der Waals surface area contributed by atoms with Gasteiger partial charge in [-0.2, -0.15) is 0 Å². The second-order valence-electron chi connectivity index (χ2n) is 6.95. The van der Waals surface area contributed by atoms with E-state index < -0.39 is 15.8 Å². The molecule has 0 bridgehead atoms. The number of nitrogens with zero attached hydrogens (tertiary/aromatic N) is 1. The molecule has 8 heteroatoms. The van der Waals surface area contributed by atoms with E-state index in [4.69, 9.17) is 4.74 Å². The van der Waals surface area contributed by atoms with Gasteiger partial charge >= 0.3 is 0 Å². The minimum absolute atomic E-state index is 0.000586. The number of carbonyl (C=O) groups excluding carboxylic acids is 2. The largest absolute Gasteiger partial charge is 0.497 e. The van der Waals surface area contributed by atoms with E-state index in [1.807, 2.05) is 24.3 Å². The number of hydrogen-bond acceptors (Lipinski definition) is 5. The molecule has 2 aliphatic rings. The molecule has 7 nitrogen and oxygen atoms in total. The summed E-state index contributed by atoms with van der Waals surface area (Å²) in [6, 6.07) is 7.37. The quantitative estimate of drug-likeness (QED) is 0.771. The van der Waals surface area contributed by atoms with Crippen molar-refractivity contribution in [2.45, 2.75) is 25.3 Å². The first-order valence-corrected chi connectivity index (χ1v) is 10.6. The van der Waals surface area contributed by atoms with E-state index in [1.165, 1.54) is 0 Å². The molecule has 0 saturated carbocycles. The molecule has 2 unspecified atom stereocenters. The first-order valence-electron chi connectivity index (χ1n) is 8.78. The second kappa shape index (κ2) is 7.65. The maximum absolute atomic E-state index is 12.3. The van der Waals surface area contributed by atoms with E-state index >= 15 is 0 Å². The molecular formula is C18H24N2O5S. The fourth-order valence-electron chi connectivity index (χ4n) is 3.45. The number of rotatable bonds is 6.